The molecule has 1 N–H and O–H groups in total. The third-order valence-electron chi connectivity index (χ3n) is 4.98. The van der Waals surface area contributed by atoms with Crippen LogP contribution in [0.5, 0.6) is 5.75 Å². The van der Waals surface area contributed by atoms with Gasteiger partial charge in [-0.25, -0.2) is 9.97 Å². The Morgan fingerprint density at radius 3 is 2.45 bits per heavy atom. The van der Waals surface area contributed by atoms with Gasteiger partial charge in [0.05, 0.1) is 23.8 Å². The first kappa shape index (κ1) is 19.4. The number of halogens is 1. The standard InChI is InChI=1S/C21H22ClN5O2/c1-26-9-11-27(12-10-26)20-19(23-15-5-3-4-6-16(15)24-20)21(28)25-17-13-14(22)7-8-18(17)29-2/h3-8,13H,9-12H2,1-2H3,(H,25,28). The lowest BCUT2D eigenvalue weighted by molar-refractivity contribution is 0.102. The number of anilines is 2. The number of rotatable bonds is 4. The summed E-state index contributed by atoms with van der Waals surface area (Å²) in [7, 11) is 3.63. The van der Waals surface area contributed by atoms with Crippen LogP contribution in [0.1, 0.15) is 10.5 Å². The summed E-state index contributed by atoms with van der Waals surface area (Å²) in [5.74, 6) is 0.769. The fourth-order valence-electron chi connectivity index (χ4n) is 3.34. The van der Waals surface area contributed by atoms with Crippen LogP contribution < -0.4 is 15.0 Å². The second kappa shape index (κ2) is 8.23. The van der Waals surface area contributed by atoms with Crippen molar-refractivity contribution in [3.8, 4) is 5.75 Å². The molecule has 1 aliphatic rings. The second-order valence-corrected chi connectivity index (χ2v) is 7.41. The number of nitrogens with one attached hydrogen (secondary N) is 1. The van der Waals surface area contributed by atoms with Crippen molar-refractivity contribution >= 4 is 40.0 Å². The second-order valence-electron chi connectivity index (χ2n) is 6.97. The number of carbonyl (C=O) groups excluding carboxylic acids is 1. The molecule has 2 heterocycles. The Kier molecular flexibility index (Phi) is 5.51. The number of methoxy groups -OCH3 is 1. The van der Waals surface area contributed by atoms with E-state index in [1.165, 1.54) is 0 Å². The molecule has 0 spiro atoms. The molecule has 1 saturated heterocycles. The number of fused-ring (bicyclic) bond motifs is 1. The Balaban J connectivity index is 1.74. The molecule has 1 aromatic heterocycles. The van der Waals surface area contributed by atoms with Gasteiger partial charge < -0.3 is 19.9 Å². The number of amides is 1. The molecule has 0 aliphatic carbocycles. The van der Waals surface area contributed by atoms with E-state index in [9.17, 15) is 4.79 Å². The highest BCUT2D eigenvalue weighted by atomic mass is 35.5. The average molecular weight is 412 g/mol. The number of benzene rings is 2. The number of hydrogen-bond donors (Lipinski definition) is 1. The van der Waals surface area contributed by atoms with Gasteiger partial charge in [0, 0.05) is 31.2 Å². The molecule has 0 bridgehead atoms. The lowest BCUT2D eigenvalue weighted by Gasteiger charge is -2.33. The Morgan fingerprint density at radius 1 is 1.07 bits per heavy atom. The van der Waals surface area contributed by atoms with E-state index in [-0.39, 0.29) is 11.6 Å². The quantitative estimate of drug-likeness (QED) is 0.710. The minimum atomic E-state index is -0.349. The van der Waals surface area contributed by atoms with Crippen molar-refractivity contribution in [1.29, 1.82) is 0 Å². The van der Waals surface area contributed by atoms with Crippen molar-refractivity contribution in [3.63, 3.8) is 0 Å². The number of aromatic nitrogens is 2. The van der Waals surface area contributed by atoms with Crippen molar-refractivity contribution in [2.45, 2.75) is 0 Å². The van der Waals surface area contributed by atoms with Gasteiger partial charge in [-0.2, -0.15) is 0 Å². The van der Waals surface area contributed by atoms with Crippen LogP contribution in [0.2, 0.25) is 5.02 Å². The van der Waals surface area contributed by atoms with E-state index in [1.807, 2.05) is 24.3 Å². The van der Waals surface area contributed by atoms with E-state index in [0.717, 1.165) is 31.7 Å². The van der Waals surface area contributed by atoms with Crippen molar-refractivity contribution in [1.82, 2.24) is 14.9 Å². The topological polar surface area (TPSA) is 70.6 Å². The van der Waals surface area contributed by atoms with Crippen LogP contribution in [-0.2, 0) is 0 Å². The van der Waals surface area contributed by atoms with Gasteiger partial charge >= 0.3 is 0 Å². The summed E-state index contributed by atoms with van der Waals surface area (Å²) in [5, 5.41) is 3.39. The van der Waals surface area contributed by atoms with Gasteiger partial charge in [-0.1, -0.05) is 23.7 Å². The molecule has 0 radical (unpaired) electrons. The lowest BCUT2D eigenvalue weighted by atomic mass is 10.2. The highest BCUT2D eigenvalue weighted by molar-refractivity contribution is 6.31. The number of carbonyl (C=O) groups is 1. The summed E-state index contributed by atoms with van der Waals surface area (Å²) in [6.45, 7) is 3.37. The zero-order chi connectivity index (χ0) is 20.4. The van der Waals surface area contributed by atoms with Gasteiger partial charge in [0.2, 0.25) is 0 Å². The zero-order valence-corrected chi connectivity index (χ0v) is 17.1. The number of likely N-dealkylation sites (N-methyl/N-ethyl adjacent to an activating group) is 1. The molecule has 7 nitrogen and oxygen atoms in total. The monoisotopic (exact) mass is 411 g/mol. The third-order valence-corrected chi connectivity index (χ3v) is 5.21. The van der Waals surface area contributed by atoms with Gasteiger partial charge in [0.15, 0.2) is 11.5 Å². The predicted molar refractivity (Wildman–Crippen MR) is 115 cm³/mol. The Bertz CT molecular complexity index is 1050. The molecular formula is C21H22ClN5O2. The number of piperazine rings is 1. The predicted octanol–water partition coefficient (Wildman–Crippen LogP) is 3.30. The summed E-state index contributed by atoms with van der Waals surface area (Å²) in [5.41, 5.74) is 2.21. The van der Waals surface area contributed by atoms with Crippen LogP contribution in [0, 0.1) is 0 Å². The van der Waals surface area contributed by atoms with Crippen LogP contribution in [0.25, 0.3) is 11.0 Å². The molecule has 150 valence electrons. The van der Waals surface area contributed by atoms with E-state index in [1.54, 1.807) is 25.3 Å². The summed E-state index contributed by atoms with van der Waals surface area (Å²) < 4.78 is 5.34. The Hall–Kier alpha value is -2.90. The molecule has 0 unspecified atom stereocenters. The summed E-state index contributed by atoms with van der Waals surface area (Å²) >= 11 is 6.10. The molecule has 0 saturated carbocycles. The molecule has 0 atom stereocenters. The molecule has 1 amide bonds. The van der Waals surface area contributed by atoms with E-state index in [4.69, 9.17) is 21.3 Å². The number of nitrogens with zero attached hydrogens (tertiary/aromatic N) is 4. The molecule has 29 heavy (non-hydrogen) atoms. The normalized spacial score (nSPS) is 14.8. The molecule has 2 aromatic carbocycles. The molecule has 1 fully saturated rings. The average Bonchev–Trinajstić information content (AvgIpc) is 2.73. The highest BCUT2D eigenvalue weighted by Gasteiger charge is 2.24. The van der Waals surface area contributed by atoms with Crippen molar-refractivity contribution in [2.24, 2.45) is 0 Å². The van der Waals surface area contributed by atoms with Gasteiger partial charge in [-0.3, -0.25) is 4.79 Å². The summed E-state index contributed by atoms with van der Waals surface area (Å²) in [6.07, 6.45) is 0. The van der Waals surface area contributed by atoms with Crippen molar-refractivity contribution in [3.05, 3.63) is 53.2 Å². The van der Waals surface area contributed by atoms with E-state index in [2.05, 4.69) is 27.1 Å². The van der Waals surface area contributed by atoms with E-state index >= 15 is 0 Å². The summed E-state index contributed by atoms with van der Waals surface area (Å²) in [6, 6.07) is 12.6. The van der Waals surface area contributed by atoms with Crippen LogP contribution in [0.15, 0.2) is 42.5 Å². The summed E-state index contributed by atoms with van der Waals surface area (Å²) in [4.78, 5) is 27.0. The number of ether oxygens (including phenoxy) is 1. The van der Waals surface area contributed by atoms with E-state index < -0.39 is 0 Å². The minimum absolute atomic E-state index is 0.287. The Morgan fingerprint density at radius 2 is 1.76 bits per heavy atom. The molecule has 3 aromatic rings. The first-order valence-corrected chi connectivity index (χ1v) is 9.78. The number of para-hydroxylation sites is 2. The van der Waals surface area contributed by atoms with Gasteiger partial charge in [0.25, 0.3) is 5.91 Å². The maximum Gasteiger partial charge on any atom is 0.278 e. The molecule has 8 heteroatoms. The van der Waals surface area contributed by atoms with Crippen molar-refractivity contribution < 1.29 is 9.53 Å². The Labute approximate surface area is 174 Å². The minimum Gasteiger partial charge on any atom is -0.495 e. The maximum absolute atomic E-state index is 13.2. The first-order valence-electron chi connectivity index (χ1n) is 9.40. The molecule has 4 rings (SSSR count). The lowest BCUT2D eigenvalue weighted by Crippen LogP contribution is -2.45. The van der Waals surface area contributed by atoms with Crippen LogP contribution in [-0.4, -0.2) is 61.1 Å². The van der Waals surface area contributed by atoms with Crippen LogP contribution in [0.4, 0.5) is 11.5 Å². The van der Waals surface area contributed by atoms with E-state index in [0.29, 0.717) is 27.8 Å². The fourth-order valence-corrected chi connectivity index (χ4v) is 3.51. The molecule has 1 aliphatic heterocycles. The zero-order valence-electron chi connectivity index (χ0n) is 16.4. The van der Waals surface area contributed by atoms with Crippen molar-refractivity contribution in [2.75, 3.05) is 50.6 Å². The van der Waals surface area contributed by atoms with Gasteiger partial charge in [-0.05, 0) is 37.4 Å². The molecular weight excluding hydrogens is 390 g/mol. The van der Waals surface area contributed by atoms with Gasteiger partial charge in [0.1, 0.15) is 5.75 Å². The fraction of sp³-hybridized carbons (Fsp3) is 0.286. The first-order chi connectivity index (χ1) is 14.0. The van der Waals surface area contributed by atoms with Gasteiger partial charge in [-0.15, -0.1) is 0 Å². The highest BCUT2D eigenvalue weighted by Crippen LogP contribution is 2.29. The number of hydrogen-bond acceptors (Lipinski definition) is 6. The van der Waals surface area contributed by atoms with Crippen LogP contribution >= 0.6 is 11.6 Å². The van der Waals surface area contributed by atoms with Crippen LogP contribution in [0.3, 0.4) is 0 Å². The largest absolute Gasteiger partial charge is 0.495 e. The maximum atomic E-state index is 13.2. The SMILES string of the molecule is COc1ccc(Cl)cc1NC(=O)c1nc2ccccc2nc1N1CCN(C)CC1. The third kappa shape index (κ3) is 4.11. The smallest absolute Gasteiger partial charge is 0.278 e.